The molecular formula is C18H23NO2S. The molecule has 0 atom stereocenters. The number of hydrogen-bond acceptors (Lipinski definition) is 4. The Bertz CT molecular complexity index is 651. The largest absolute Gasteiger partial charge is 0.462 e. The van der Waals surface area contributed by atoms with E-state index in [9.17, 15) is 4.79 Å². The highest BCUT2D eigenvalue weighted by Gasteiger charge is 2.29. The zero-order valence-electron chi connectivity index (χ0n) is 13.9. The highest BCUT2D eigenvalue weighted by molar-refractivity contribution is 7.06. The van der Waals surface area contributed by atoms with Gasteiger partial charge in [0.25, 0.3) is 0 Å². The van der Waals surface area contributed by atoms with Crippen LogP contribution in [0.3, 0.4) is 0 Å². The van der Waals surface area contributed by atoms with Crippen LogP contribution >= 0.6 is 11.5 Å². The fourth-order valence-electron chi connectivity index (χ4n) is 2.29. The van der Waals surface area contributed by atoms with Crippen LogP contribution in [0.15, 0.2) is 24.3 Å². The Labute approximate surface area is 136 Å². The van der Waals surface area contributed by atoms with Gasteiger partial charge in [0, 0.05) is 10.4 Å². The predicted molar refractivity (Wildman–Crippen MR) is 91.6 cm³/mol. The zero-order valence-corrected chi connectivity index (χ0v) is 14.7. The van der Waals surface area contributed by atoms with Gasteiger partial charge in [0.2, 0.25) is 0 Å². The molecule has 1 aromatic carbocycles. The van der Waals surface area contributed by atoms with Gasteiger partial charge in [-0.3, -0.25) is 0 Å². The summed E-state index contributed by atoms with van der Waals surface area (Å²) in [6, 6.07) is 8.23. The molecule has 3 nitrogen and oxygen atoms in total. The van der Waals surface area contributed by atoms with E-state index in [2.05, 4.69) is 44.2 Å². The third kappa shape index (κ3) is 3.38. The first-order valence-electron chi connectivity index (χ1n) is 7.65. The Hall–Kier alpha value is -1.68. The first kappa shape index (κ1) is 16.7. The summed E-state index contributed by atoms with van der Waals surface area (Å²) in [5, 5.41) is 0. The second-order valence-corrected chi connectivity index (χ2v) is 7.03. The SMILES string of the molecule is CCOC(=O)c1c(-c2ccc(CC)cc2)nsc1C(C)(C)C. The van der Waals surface area contributed by atoms with Crippen molar-refractivity contribution >= 4 is 17.5 Å². The molecule has 0 unspecified atom stereocenters. The molecule has 118 valence electrons. The van der Waals surface area contributed by atoms with Crippen LogP contribution in [-0.2, 0) is 16.6 Å². The number of carbonyl (C=O) groups excluding carboxylic acids is 1. The lowest BCUT2D eigenvalue weighted by Gasteiger charge is -2.17. The summed E-state index contributed by atoms with van der Waals surface area (Å²) >= 11 is 1.39. The summed E-state index contributed by atoms with van der Waals surface area (Å²) in [5.74, 6) is -0.282. The van der Waals surface area contributed by atoms with E-state index in [-0.39, 0.29) is 11.4 Å². The van der Waals surface area contributed by atoms with Crippen molar-refractivity contribution in [2.45, 2.75) is 46.5 Å². The maximum atomic E-state index is 12.4. The maximum Gasteiger partial charge on any atom is 0.341 e. The van der Waals surface area contributed by atoms with Crippen LogP contribution in [0.5, 0.6) is 0 Å². The van der Waals surface area contributed by atoms with Crippen LogP contribution < -0.4 is 0 Å². The summed E-state index contributed by atoms with van der Waals surface area (Å²) in [6.45, 7) is 10.6. The van der Waals surface area contributed by atoms with Crippen LogP contribution in [0.4, 0.5) is 0 Å². The van der Waals surface area contributed by atoms with Crippen molar-refractivity contribution in [3.63, 3.8) is 0 Å². The topological polar surface area (TPSA) is 39.2 Å². The molecule has 0 saturated heterocycles. The van der Waals surface area contributed by atoms with Gasteiger partial charge in [-0.05, 0) is 35.9 Å². The lowest BCUT2D eigenvalue weighted by atomic mass is 9.90. The molecule has 2 aromatic rings. The van der Waals surface area contributed by atoms with E-state index >= 15 is 0 Å². The molecule has 0 saturated carbocycles. The number of esters is 1. The molecule has 0 amide bonds. The molecule has 0 radical (unpaired) electrons. The van der Waals surface area contributed by atoms with Crippen molar-refractivity contribution < 1.29 is 9.53 Å². The molecule has 4 heteroatoms. The Morgan fingerprint density at radius 2 is 1.82 bits per heavy atom. The molecule has 0 bridgehead atoms. The Morgan fingerprint density at radius 3 is 2.32 bits per heavy atom. The molecule has 0 aliphatic carbocycles. The minimum Gasteiger partial charge on any atom is -0.462 e. The average molecular weight is 317 g/mol. The first-order valence-corrected chi connectivity index (χ1v) is 8.42. The van der Waals surface area contributed by atoms with E-state index in [1.807, 2.05) is 19.1 Å². The number of nitrogens with zero attached hydrogens (tertiary/aromatic N) is 1. The molecule has 1 aromatic heterocycles. The summed E-state index contributed by atoms with van der Waals surface area (Å²) in [7, 11) is 0. The van der Waals surface area contributed by atoms with Crippen molar-refractivity contribution in [1.29, 1.82) is 0 Å². The molecule has 0 spiro atoms. The Kier molecular flexibility index (Phi) is 5.01. The number of hydrogen-bond donors (Lipinski definition) is 0. The van der Waals surface area contributed by atoms with Gasteiger partial charge >= 0.3 is 5.97 Å². The second kappa shape index (κ2) is 6.61. The maximum absolute atomic E-state index is 12.4. The zero-order chi connectivity index (χ0) is 16.3. The molecule has 2 rings (SSSR count). The van der Waals surface area contributed by atoms with Gasteiger partial charge in [-0.25, -0.2) is 4.79 Å². The number of aryl methyl sites for hydroxylation is 1. The van der Waals surface area contributed by atoms with Gasteiger partial charge in [0.1, 0.15) is 5.56 Å². The molecule has 0 aliphatic rings. The molecule has 0 N–H and O–H groups in total. The summed E-state index contributed by atoms with van der Waals surface area (Å²) in [5.41, 5.74) is 3.45. The van der Waals surface area contributed by atoms with Crippen molar-refractivity contribution in [2.24, 2.45) is 0 Å². The quantitative estimate of drug-likeness (QED) is 0.757. The number of aromatic nitrogens is 1. The van der Waals surface area contributed by atoms with E-state index in [0.29, 0.717) is 12.2 Å². The fraction of sp³-hybridized carbons (Fsp3) is 0.444. The van der Waals surface area contributed by atoms with Crippen molar-refractivity contribution in [1.82, 2.24) is 4.37 Å². The smallest absolute Gasteiger partial charge is 0.341 e. The van der Waals surface area contributed by atoms with Gasteiger partial charge in [-0.1, -0.05) is 52.0 Å². The standard InChI is InChI=1S/C18H23NO2S/c1-6-12-8-10-13(11-9-12)15-14(17(20)21-7-2)16(22-19-15)18(3,4)5/h8-11H,6-7H2,1-5H3. The third-order valence-electron chi connectivity index (χ3n) is 3.49. The Balaban J connectivity index is 2.55. The minimum absolute atomic E-state index is 0.138. The van der Waals surface area contributed by atoms with E-state index in [0.717, 1.165) is 22.6 Å². The summed E-state index contributed by atoms with van der Waals surface area (Å²) in [4.78, 5) is 13.4. The second-order valence-electron chi connectivity index (χ2n) is 6.26. The van der Waals surface area contributed by atoms with Crippen molar-refractivity contribution in [3.8, 4) is 11.3 Å². The van der Waals surface area contributed by atoms with Gasteiger partial charge in [-0.2, -0.15) is 4.37 Å². The van der Waals surface area contributed by atoms with E-state index in [4.69, 9.17) is 4.74 Å². The van der Waals surface area contributed by atoms with E-state index in [1.54, 1.807) is 0 Å². The van der Waals surface area contributed by atoms with Crippen LogP contribution in [0.2, 0.25) is 0 Å². The predicted octanol–water partition coefficient (Wildman–Crippen LogP) is 4.85. The normalized spacial score (nSPS) is 11.5. The van der Waals surface area contributed by atoms with Crippen molar-refractivity contribution in [2.75, 3.05) is 6.61 Å². The van der Waals surface area contributed by atoms with Gasteiger partial charge < -0.3 is 4.74 Å². The Morgan fingerprint density at radius 1 is 1.18 bits per heavy atom. The van der Waals surface area contributed by atoms with E-state index in [1.165, 1.54) is 17.1 Å². The van der Waals surface area contributed by atoms with Gasteiger partial charge in [-0.15, -0.1) is 0 Å². The van der Waals surface area contributed by atoms with Crippen molar-refractivity contribution in [3.05, 3.63) is 40.3 Å². The summed E-state index contributed by atoms with van der Waals surface area (Å²) < 4.78 is 9.81. The fourth-order valence-corrected chi connectivity index (χ4v) is 3.21. The molecule has 22 heavy (non-hydrogen) atoms. The monoisotopic (exact) mass is 317 g/mol. The molecular weight excluding hydrogens is 294 g/mol. The highest BCUT2D eigenvalue weighted by Crippen LogP contribution is 2.36. The van der Waals surface area contributed by atoms with Crippen LogP contribution in [0.25, 0.3) is 11.3 Å². The average Bonchev–Trinajstić information content (AvgIpc) is 2.92. The van der Waals surface area contributed by atoms with Gasteiger partial charge in [0.05, 0.1) is 12.3 Å². The third-order valence-corrected chi connectivity index (χ3v) is 4.76. The molecule has 0 aliphatic heterocycles. The van der Waals surface area contributed by atoms with Crippen LogP contribution in [-0.4, -0.2) is 16.9 Å². The number of rotatable bonds is 4. The number of ether oxygens (including phenoxy) is 1. The van der Waals surface area contributed by atoms with Crippen LogP contribution in [0.1, 0.15) is 55.4 Å². The van der Waals surface area contributed by atoms with E-state index < -0.39 is 0 Å². The number of carbonyl (C=O) groups is 1. The minimum atomic E-state index is -0.282. The first-order chi connectivity index (χ1) is 10.4. The molecule has 0 fully saturated rings. The lowest BCUT2D eigenvalue weighted by molar-refractivity contribution is 0.0525. The highest BCUT2D eigenvalue weighted by atomic mass is 32.1. The lowest BCUT2D eigenvalue weighted by Crippen LogP contribution is -2.16. The number of benzene rings is 1. The summed E-state index contributed by atoms with van der Waals surface area (Å²) in [6.07, 6.45) is 0.995. The van der Waals surface area contributed by atoms with Crippen LogP contribution in [0, 0.1) is 0 Å². The van der Waals surface area contributed by atoms with Gasteiger partial charge in [0.15, 0.2) is 0 Å². The molecule has 1 heterocycles.